The van der Waals surface area contributed by atoms with E-state index in [1.165, 1.54) is 0 Å². The molecule has 0 radical (unpaired) electrons. The number of ether oxygens (including phenoxy) is 13. The predicted molar refractivity (Wildman–Crippen MR) is 232 cm³/mol. The van der Waals surface area contributed by atoms with Crippen LogP contribution in [0.3, 0.4) is 0 Å². The first kappa shape index (κ1) is 64.1. The summed E-state index contributed by atoms with van der Waals surface area (Å²) >= 11 is 0. The molecular formula is C42H72O36. The Morgan fingerprint density at radius 1 is 0.295 bits per heavy atom. The fourth-order valence-corrected chi connectivity index (χ4v) is 9.67. The maximum atomic E-state index is 11.6. The largest absolute Gasteiger partial charge is 0.394 e. The van der Waals surface area contributed by atoms with E-state index in [1.807, 2.05) is 0 Å². The van der Waals surface area contributed by atoms with E-state index in [0.717, 1.165) is 0 Å². The summed E-state index contributed by atoms with van der Waals surface area (Å²) in [6.07, 6.45) is -64.7. The minimum Gasteiger partial charge on any atom is -0.394 e. The molecule has 0 aromatic heterocycles. The standard InChI is InChI=1S/C42H72O36/c43-1-8(46)30-28(63)34(77-39-24(59)19(54)15(50)12(2-44)71-39)41(75-30)68-6-11(49)33-29(64)35(78-40-25(60)20(55)16(51)13(3-45)72-40)42(76-33)67-5-10(48)32-21(56)26(61)37(73-32)66-4-9(47)31-22(57)27(62)38(74-31)69-7-14-17(52)18(53)23(58)36(65)70-14/h8-65H,1-7H2/t8-,9-,10-,11-,12-,13-,14-,15-,16-,17+,18+,19+,20+,21-,22-,23-,24-,25-,26-,27-,28+,29+,30+,31+,32+,33+,34-,35-,36?,37-,38-,39-,40-,41-,42-/m1/s1. The van der Waals surface area contributed by atoms with Crippen LogP contribution in [0.25, 0.3) is 0 Å². The molecule has 7 aliphatic heterocycles. The van der Waals surface area contributed by atoms with Crippen molar-refractivity contribution in [2.45, 2.75) is 215 Å². The molecule has 36 nitrogen and oxygen atoms in total. The van der Waals surface area contributed by atoms with Gasteiger partial charge in [0.25, 0.3) is 0 Å². The molecule has 78 heavy (non-hydrogen) atoms. The Morgan fingerprint density at radius 3 is 1.04 bits per heavy atom. The van der Waals surface area contributed by atoms with E-state index >= 15 is 0 Å². The number of aliphatic hydroxyl groups excluding tert-OH is 23. The number of rotatable bonds is 23. The highest BCUT2D eigenvalue weighted by Gasteiger charge is 2.57. The molecular weight excluding hydrogens is 1080 g/mol. The van der Waals surface area contributed by atoms with Crippen molar-refractivity contribution in [3.05, 3.63) is 0 Å². The van der Waals surface area contributed by atoms with Crippen LogP contribution in [-0.4, -0.2) is 379 Å². The summed E-state index contributed by atoms with van der Waals surface area (Å²) in [4.78, 5) is 0. The Morgan fingerprint density at radius 2 is 0.628 bits per heavy atom. The molecule has 0 aliphatic carbocycles. The number of hydrogen-bond acceptors (Lipinski definition) is 36. The second kappa shape index (κ2) is 27.5. The van der Waals surface area contributed by atoms with Crippen LogP contribution in [-0.2, 0) is 61.6 Å². The van der Waals surface area contributed by atoms with Gasteiger partial charge in [-0.3, -0.25) is 0 Å². The van der Waals surface area contributed by atoms with Gasteiger partial charge in [0.2, 0.25) is 0 Å². The van der Waals surface area contributed by atoms with Gasteiger partial charge in [0.1, 0.15) is 171 Å². The van der Waals surface area contributed by atoms with Crippen molar-refractivity contribution < 1.29 is 179 Å². The molecule has 0 bridgehead atoms. The molecule has 0 saturated carbocycles. The fraction of sp³-hybridized carbons (Fsp3) is 1.00. The first-order chi connectivity index (χ1) is 36.8. The molecule has 7 rings (SSSR count). The van der Waals surface area contributed by atoms with Crippen molar-refractivity contribution in [1.82, 2.24) is 0 Å². The van der Waals surface area contributed by atoms with E-state index in [2.05, 4.69) is 0 Å². The van der Waals surface area contributed by atoms with Crippen LogP contribution in [0, 0.1) is 0 Å². The Bertz CT molecular complexity index is 1820. The molecule has 7 heterocycles. The fourth-order valence-electron chi connectivity index (χ4n) is 9.67. The van der Waals surface area contributed by atoms with Crippen molar-refractivity contribution in [2.75, 3.05) is 46.2 Å². The van der Waals surface area contributed by atoms with Crippen molar-refractivity contribution in [3.8, 4) is 0 Å². The van der Waals surface area contributed by atoms with Gasteiger partial charge in [-0.25, -0.2) is 0 Å². The van der Waals surface area contributed by atoms with Crippen molar-refractivity contribution >= 4 is 0 Å². The van der Waals surface area contributed by atoms with E-state index in [4.69, 9.17) is 61.6 Å². The third-order valence-corrected chi connectivity index (χ3v) is 14.4. The van der Waals surface area contributed by atoms with Gasteiger partial charge in [-0.1, -0.05) is 0 Å². The monoisotopic (exact) mass is 1150 g/mol. The topological polar surface area (TPSA) is 585 Å². The van der Waals surface area contributed by atoms with Crippen LogP contribution in [0.4, 0.5) is 0 Å². The molecule has 456 valence electrons. The molecule has 7 aliphatic rings. The summed E-state index contributed by atoms with van der Waals surface area (Å²) < 4.78 is 71.4. The third-order valence-electron chi connectivity index (χ3n) is 14.4. The molecule has 35 atom stereocenters. The predicted octanol–water partition coefficient (Wildman–Crippen LogP) is -16.3. The van der Waals surface area contributed by atoms with E-state index in [9.17, 15) is 117 Å². The van der Waals surface area contributed by atoms with Gasteiger partial charge in [-0.15, -0.1) is 0 Å². The SMILES string of the molecule is OC[C@@H](O)[C@@H]1O[C@@H](OC[C@@H](O)[C@@H]2O[C@@H](OC[C@@H](O)[C@@H]3O[C@@H](OC[C@@H](O)[C@@H]4O[C@@H](OC[C@H]5OC(O)[C@H](O)[C@@H](O)[C@H]5O)[C@H](O)[C@H]4O)[C@H](O)[C@H]3O)[C@H](O[C@H]3O[C@H](CO)[C@@H](O)[C@H](O)[C@H]3O)[C@H]2O)[C@H](O[C@H]2O[C@H](CO)[C@@H](O)[C@H](O)[C@H]2O)[C@H]1O. The minimum absolute atomic E-state index is 0.665. The third kappa shape index (κ3) is 13.5. The van der Waals surface area contributed by atoms with Crippen molar-refractivity contribution in [2.24, 2.45) is 0 Å². The lowest BCUT2D eigenvalue weighted by Gasteiger charge is -2.41. The second-order valence-corrected chi connectivity index (χ2v) is 19.7. The lowest BCUT2D eigenvalue weighted by atomic mass is 9.99. The highest BCUT2D eigenvalue weighted by Crippen LogP contribution is 2.36. The minimum atomic E-state index is -2.08. The Labute approximate surface area is 439 Å². The van der Waals surface area contributed by atoms with Gasteiger partial charge in [-0.05, 0) is 0 Å². The molecule has 36 heteroatoms. The van der Waals surface area contributed by atoms with Gasteiger partial charge in [0.15, 0.2) is 44.0 Å². The maximum absolute atomic E-state index is 11.6. The second-order valence-electron chi connectivity index (χ2n) is 19.7. The summed E-state index contributed by atoms with van der Waals surface area (Å²) in [5, 5.41) is 240. The summed E-state index contributed by atoms with van der Waals surface area (Å²) in [6.45, 7) is -6.20. The van der Waals surface area contributed by atoms with Crippen molar-refractivity contribution in [1.29, 1.82) is 0 Å². The summed E-state index contributed by atoms with van der Waals surface area (Å²) in [7, 11) is 0. The average Bonchev–Trinajstić information content (AvgIpc) is 4.19. The van der Waals surface area contributed by atoms with Crippen LogP contribution in [0.1, 0.15) is 0 Å². The highest BCUT2D eigenvalue weighted by molar-refractivity contribution is 4.99. The quantitative estimate of drug-likeness (QED) is 0.0452. The Balaban J connectivity index is 0.971. The normalized spacial score (nSPS) is 50.7. The van der Waals surface area contributed by atoms with Gasteiger partial charge in [-0.2, -0.15) is 0 Å². The molecule has 23 N–H and O–H groups in total. The molecule has 0 amide bonds. The van der Waals surface area contributed by atoms with Crippen LogP contribution in [0.15, 0.2) is 0 Å². The smallest absolute Gasteiger partial charge is 0.187 e. The Hall–Kier alpha value is -1.44. The number of hydrogen-bond donors (Lipinski definition) is 23. The zero-order valence-corrected chi connectivity index (χ0v) is 40.8. The summed E-state index contributed by atoms with van der Waals surface area (Å²) in [5.74, 6) is 0. The first-order valence-electron chi connectivity index (χ1n) is 24.6. The lowest BCUT2D eigenvalue weighted by Crippen LogP contribution is -2.60. The first-order valence-corrected chi connectivity index (χ1v) is 24.6. The molecule has 0 aromatic rings. The lowest BCUT2D eigenvalue weighted by molar-refractivity contribution is -0.328. The zero-order chi connectivity index (χ0) is 57.3. The van der Waals surface area contributed by atoms with Gasteiger partial charge in [0.05, 0.1) is 46.2 Å². The van der Waals surface area contributed by atoms with E-state index in [0.29, 0.717) is 0 Å². The van der Waals surface area contributed by atoms with Crippen LogP contribution in [0.5, 0.6) is 0 Å². The zero-order valence-electron chi connectivity index (χ0n) is 40.8. The van der Waals surface area contributed by atoms with Crippen LogP contribution < -0.4 is 0 Å². The highest BCUT2D eigenvalue weighted by atomic mass is 16.8. The molecule has 1 unspecified atom stereocenters. The van der Waals surface area contributed by atoms with Crippen LogP contribution in [0.2, 0.25) is 0 Å². The van der Waals surface area contributed by atoms with E-state index in [1.54, 1.807) is 0 Å². The van der Waals surface area contributed by atoms with E-state index < -0.39 is 261 Å². The molecule has 7 fully saturated rings. The molecule has 0 spiro atoms. The number of aliphatic hydroxyl groups is 23. The van der Waals surface area contributed by atoms with Gasteiger partial charge in [0, 0.05) is 0 Å². The summed E-state index contributed by atoms with van der Waals surface area (Å²) in [6, 6.07) is 0. The van der Waals surface area contributed by atoms with E-state index in [-0.39, 0.29) is 0 Å². The van der Waals surface area contributed by atoms with Crippen LogP contribution >= 0.6 is 0 Å². The average molecular weight is 1150 g/mol. The maximum Gasteiger partial charge on any atom is 0.187 e. The summed E-state index contributed by atoms with van der Waals surface area (Å²) in [5.41, 5.74) is 0. The van der Waals surface area contributed by atoms with Gasteiger partial charge < -0.3 is 179 Å². The van der Waals surface area contributed by atoms with Crippen molar-refractivity contribution in [3.63, 3.8) is 0 Å². The Kier molecular flexibility index (Phi) is 22.6. The molecule has 7 saturated heterocycles. The molecule has 0 aromatic carbocycles. The van der Waals surface area contributed by atoms with Gasteiger partial charge >= 0.3 is 0 Å².